The van der Waals surface area contributed by atoms with Crippen LogP contribution in [0, 0.1) is 0 Å². The summed E-state index contributed by atoms with van der Waals surface area (Å²) >= 11 is 6.09. The van der Waals surface area contributed by atoms with Crippen molar-refractivity contribution in [3.63, 3.8) is 0 Å². The Balaban J connectivity index is 1.41. The van der Waals surface area contributed by atoms with Gasteiger partial charge in [0.25, 0.3) is 5.91 Å². The number of amides is 1. The Morgan fingerprint density at radius 1 is 1.24 bits per heavy atom. The van der Waals surface area contributed by atoms with Crippen molar-refractivity contribution in [2.24, 2.45) is 0 Å². The van der Waals surface area contributed by atoms with Crippen molar-refractivity contribution >= 4 is 29.6 Å². The van der Waals surface area contributed by atoms with Crippen molar-refractivity contribution in [2.45, 2.75) is 6.42 Å². The Kier molecular flexibility index (Phi) is 6.97. The average Bonchev–Trinajstić information content (AvgIpc) is 3.20. The number of fused-ring (bicyclic) bond motifs is 1. The lowest BCUT2D eigenvalue weighted by Gasteiger charge is -2.09. The van der Waals surface area contributed by atoms with Gasteiger partial charge >= 0.3 is 5.97 Å². The van der Waals surface area contributed by atoms with Crippen LogP contribution >= 0.6 is 11.6 Å². The van der Waals surface area contributed by atoms with E-state index in [-0.39, 0.29) is 19.3 Å². The Bertz CT molecular complexity index is 927. The number of ether oxygens (including phenoxy) is 4. The molecular formula is C21H20ClNO6. The molecule has 1 amide bonds. The zero-order valence-electron chi connectivity index (χ0n) is 15.8. The molecule has 1 aliphatic heterocycles. The average molecular weight is 418 g/mol. The molecule has 0 radical (unpaired) electrons. The van der Waals surface area contributed by atoms with Crippen LogP contribution in [-0.4, -0.2) is 38.9 Å². The highest BCUT2D eigenvalue weighted by Crippen LogP contribution is 2.40. The van der Waals surface area contributed by atoms with Gasteiger partial charge < -0.3 is 24.3 Å². The van der Waals surface area contributed by atoms with Gasteiger partial charge in [-0.1, -0.05) is 29.8 Å². The zero-order chi connectivity index (χ0) is 20.6. The van der Waals surface area contributed by atoms with Gasteiger partial charge in [-0.2, -0.15) is 0 Å². The molecule has 152 valence electrons. The maximum absolute atomic E-state index is 11.8. The molecule has 1 heterocycles. The highest BCUT2D eigenvalue weighted by atomic mass is 35.5. The first kappa shape index (κ1) is 20.5. The number of benzene rings is 2. The molecule has 0 unspecified atom stereocenters. The number of hydrogen-bond donors (Lipinski definition) is 1. The first-order valence-electron chi connectivity index (χ1n) is 8.89. The SMILES string of the molecule is COc1ccccc1CCNC(=O)COC(=O)/C=C/c1cc(Cl)c2c(c1)OCO2. The van der Waals surface area contributed by atoms with Crippen LogP contribution in [0.4, 0.5) is 0 Å². The molecule has 0 saturated heterocycles. The maximum Gasteiger partial charge on any atom is 0.331 e. The second-order valence-corrected chi connectivity index (χ2v) is 6.50. The van der Waals surface area contributed by atoms with Crippen LogP contribution in [0.5, 0.6) is 17.2 Å². The summed E-state index contributed by atoms with van der Waals surface area (Å²) in [4.78, 5) is 23.7. The highest BCUT2D eigenvalue weighted by molar-refractivity contribution is 6.32. The number of carbonyl (C=O) groups is 2. The Morgan fingerprint density at radius 2 is 2.07 bits per heavy atom. The summed E-state index contributed by atoms with van der Waals surface area (Å²) in [5, 5.41) is 3.09. The van der Waals surface area contributed by atoms with Gasteiger partial charge in [-0.3, -0.25) is 4.79 Å². The molecule has 29 heavy (non-hydrogen) atoms. The van der Waals surface area contributed by atoms with Gasteiger partial charge in [-0.25, -0.2) is 4.79 Å². The largest absolute Gasteiger partial charge is 0.496 e. The summed E-state index contributed by atoms with van der Waals surface area (Å²) in [6, 6.07) is 10.9. The first-order chi connectivity index (χ1) is 14.1. The summed E-state index contributed by atoms with van der Waals surface area (Å²) in [5.74, 6) is 0.740. The number of nitrogens with one attached hydrogen (secondary N) is 1. The van der Waals surface area contributed by atoms with Crippen molar-refractivity contribution < 1.29 is 28.5 Å². The van der Waals surface area contributed by atoms with Gasteiger partial charge in [0.1, 0.15) is 5.75 Å². The van der Waals surface area contributed by atoms with Gasteiger partial charge in [0.05, 0.1) is 12.1 Å². The van der Waals surface area contributed by atoms with E-state index in [0.29, 0.717) is 35.1 Å². The smallest absolute Gasteiger partial charge is 0.331 e. The molecule has 0 aliphatic carbocycles. The minimum absolute atomic E-state index is 0.108. The fraction of sp³-hybridized carbons (Fsp3) is 0.238. The van der Waals surface area contributed by atoms with E-state index in [1.807, 2.05) is 24.3 Å². The van der Waals surface area contributed by atoms with E-state index in [9.17, 15) is 9.59 Å². The molecule has 0 saturated carbocycles. The lowest BCUT2D eigenvalue weighted by molar-refractivity contribution is -0.143. The third-order valence-electron chi connectivity index (χ3n) is 4.12. The first-order valence-corrected chi connectivity index (χ1v) is 9.27. The van der Waals surface area contributed by atoms with Crippen LogP contribution in [0.25, 0.3) is 6.08 Å². The number of para-hydroxylation sites is 1. The molecule has 8 heteroatoms. The van der Waals surface area contributed by atoms with E-state index in [1.54, 1.807) is 19.2 Å². The molecule has 2 aromatic carbocycles. The van der Waals surface area contributed by atoms with Crippen LogP contribution in [0.1, 0.15) is 11.1 Å². The van der Waals surface area contributed by atoms with Crippen LogP contribution in [0.3, 0.4) is 0 Å². The van der Waals surface area contributed by atoms with Gasteiger partial charge in [-0.15, -0.1) is 0 Å². The minimum atomic E-state index is -0.640. The van der Waals surface area contributed by atoms with Gasteiger partial charge in [-0.05, 0) is 41.8 Å². The second kappa shape index (κ2) is 9.84. The third-order valence-corrected chi connectivity index (χ3v) is 4.40. The monoisotopic (exact) mass is 417 g/mol. The molecule has 7 nitrogen and oxygen atoms in total. The van der Waals surface area contributed by atoms with Crippen molar-refractivity contribution in [3.8, 4) is 17.2 Å². The number of halogens is 1. The Morgan fingerprint density at radius 3 is 2.90 bits per heavy atom. The standard InChI is InChI=1S/C21H20ClNO6/c1-26-17-5-3-2-4-15(17)8-9-23-19(24)12-27-20(25)7-6-14-10-16(22)21-18(11-14)28-13-29-21/h2-7,10-11H,8-9,12-13H2,1H3,(H,23,24)/b7-6+. The predicted molar refractivity (Wildman–Crippen MR) is 107 cm³/mol. The fourth-order valence-electron chi connectivity index (χ4n) is 2.73. The van der Waals surface area contributed by atoms with E-state index < -0.39 is 5.97 Å². The molecule has 0 atom stereocenters. The van der Waals surface area contributed by atoms with Crippen molar-refractivity contribution in [2.75, 3.05) is 27.1 Å². The molecule has 0 fully saturated rings. The molecule has 1 N–H and O–H groups in total. The highest BCUT2D eigenvalue weighted by Gasteiger charge is 2.17. The lowest BCUT2D eigenvalue weighted by atomic mass is 10.1. The van der Waals surface area contributed by atoms with E-state index in [2.05, 4.69) is 5.32 Å². The van der Waals surface area contributed by atoms with E-state index in [4.69, 9.17) is 30.5 Å². The topological polar surface area (TPSA) is 83.1 Å². The van der Waals surface area contributed by atoms with E-state index >= 15 is 0 Å². The molecular weight excluding hydrogens is 398 g/mol. The number of rotatable bonds is 8. The molecule has 2 aromatic rings. The normalized spacial score (nSPS) is 12.1. The molecule has 0 aromatic heterocycles. The maximum atomic E-state index is 11.8. The Hall–Kier alpha value is -3.19. The van der Waals surface area contributed by atoms with Crippen molar-refractivity contribution in [1.82, 2.24) is 5.32 Å². The van der Waals surface area contributed by atoms with Crippen molar-refractivity contribution in [1.29, 1.82) is 0 Å². The van der Waals surface area contributed by atoms with Gasteiger partial charge in [0.2, 0.25) is 6.79 Å². The molecule has 0 bridgehead atoms. The fourth-order valence-corrected chi connectivity index (χ4v) is 3.00. The van der Waals surface area contributed by atoms with E-state index in [0.717, 1.165) is 11.3 Å². The molecule has 1 aliphatic rings. The second-order valence-electron chi connectivity index (χ2n) is 6.09. The van der Waals surface area contributed by atoms with Gasteiger partial charge in [0, 0.05) is 12.6 Å². The summed E-state index contributed by atoms with van der Waals surface area (Å²) in [7, 11) is 1.60. The number of carbonyl (C=O) groups excluding carboxylic acids is 2. The molecule has 3 rings (SSSR count). The summed E-state index contributed by atoms with van der Waals surface area (Å²) < 4.78 is 20.7. The van der Waals surface area contributed by atoms with E-state index in [1.165, 1.54) is 12.2 Å². The van der Waals surface area contributed by atoms with Crippen LogP contribution in [-0.2, 0) is 20.7 Å². The summed E-state index contributed by atoms with van der Waals surface area (Å²) in [6.45, 7) is 0.149. The summed E-state index contributed by atoms with van der Waals surface area (Å²) in [6.07, 6.45) is 3.35. The Labute approximate surface area is 173 Å². The van der Waals surface area contributed by atoms with Crippen molar-refractivity contribution in [3.05, 3.63) is 58.6 Å². The predicted octanol–water partition coefficient (Wildman–Crippen LogP) is 2.99. The molecule has 0 spiro atoms. The zero-order valence-corrected chi connectivity index (χ0v) is 16.5. The minimum Gasteiger partial charge on any atom is -0.496 e. The number of hydrogen-bond acceptors (Lipinski definition) is 6. The van der Waals surface area contributed by atoms with Crippen LogP contribution < -0.4 is 19.5 Å². The lowest BCUT2D eigenvalue weighted by Crippen LogP contribution is -2.30. The number of methoxy groups -OCH3 is 1. The summed E-state index contributed by atoms with van der Waals surface area (Å²) in [5.41, 5.74) is 1.63. The third kappa shape index (κ3) is 5.65. The van der Waals surface area contributed by atoms with Gasteiger partial charge in [0.15, 0.2) is 18.1 Å². The van der Waals surface area contributed by atoms with Crippen LogP contribution in [0.2, 0.25) is 5.02 Å². The number of esters is 1. The quantitative estimate of drug-likeness (QED) is 0.525. The van der Waals surface area contributed by atoms with Crippen LogP contribution in [0.15, 0.2) is 42.5 Å².